The van der Waals surface area contributed by atoms with Crippen LogP contribution in [0.3, 0.4) is 0 Å². The SMILES string of the molecule is CC1(C)OCc2cccc(Br)c2O1.CC1(C)OCc2cccc(C=O)c2O1. The molecule has 2 aromatic carbocycles. The van der Waals surface area contributed by atoms with Crippen LogP contribution in [0.4, 0.5) is 0 Å². The summed E-state index contributed by atoms with van der Waals surface area (Å²) in [5.41, 5.74) is 2.60. The number of hydrogen-bond acceptors (Lipinski definition) is 5. The molecule has 0 spiro atoms. The van der Waals surface area contributed by atoms with Crippen molar-refractivity contribution in [1.82, 2.24) is 0 Å². The van der Waals surface area contributed by atoms with Gasteiger partial charge in [-0.15, -0.1) is 0 Å². The molecule has 0 saturated carbocycles. The first-order valence-electron chi connectivity index (χ1n) is 8.71. The smallest absolute Gasteiger partial charge is 0.205 e. The Hall–Kier alpha value is -1.89. The molecule has 27 heavy (non-hydrogen) atoms. The first kappa shape index (κ1) is 19.9. The lowest BCUT2D eigenvalue weighted by Gasteiger charge is -2.33. The number of halogens is 1. The van der Waals surface area contributed by atoms with Crippen molar-refractivity contribution >= 4 is 22.2 Å². The van der Waals surface area contributed by atoms with E-state index in [-0.39, 0.29) is 0 Å². The predicted molar refractivity (Wildman–Crippen MR) is 105 cm³/mol. The van der Waals surface area contributed by atoms with Gasteiger partial charge < -0.3 is 18.9 Å². The Bertz CT molecular complexity index is 844. The van der Waals surface area contributed by atoms with Crippen molar-refractivity contribution in [1.29, 1.82) is 0 Å². The van der Waals surface area contributed by atoms with Crippen LogP contribution >= 0.6 is 15.9 Å². The number of ether oxygens (including phenoxy) is 4. The Morgan fingerprint density at radius 3 is 1.96 bits per heavy atom. The second-order valence-corrected chi connectivity index (χ2v) is 8.12. The van der Waals surface area contributed by atoms with E-state index in [0.717, 1.165) is 27.6 Å². The van der Waals surface area contributed by atoms with Crippen molar-refractivity contribution < 1.29 is 23.7 Å². The molecule has 0 amide bonds. The van der Waals surface area contributed by atoms with Crippen LogP contribution in [-0.4, -0.2) is 17.9 Å². The fourth-order valence-electron chi connectivity index (χ4n) is 2.77. The van der Waals surface area contributed by atoms with Crippen molar-refractivity contribution in [3.05, 3.63) is 57.6 Å². The van der Waals surface area contributed by atoms with Crippen molar-refractivity contribution in [2.24, 2.45) is 0 Å². The first-order valence-corrected chi connectivity index (χ1v) is 9.50. The Labute approximate surface area is 167 Å². The van der Waals surface area contributed by atoms with E-state index < -0.39 is 11.6 Å². The standard InChI is InChI=1S/C11H12O3.C10H11BrO2/c1-11(2)13-7-9-5-3-4-8(6-12)10(9)14-11;1-10(2)12-6-7-4-3-5-8(11)9(7)13-10/h3-6H,7H2,1-2H3;3-5H,6H2,1-2H3. The van der Waals surface area contributed by atoms with Crippen molar-refractivity contribution in [2.45, 2.75) is 52.5 Å². The average molecular weight is 435 g/mol. The lowest BCUT2D eigenvalue weighted by Crippen LogP contribution is -2.35. The molecule has 0 aliphatic carbocycles. The van der Waals surface area contributed by atoms with Gasteiger partial charge in [-0.1, -0.05) is 24.3 Å². The molecule has 0 N–H and O–H groups in total. The topological polar surface area (TPSA) is 54.0 Å². The van der Waals surface area contributed by atoms with Gasteiger partial charge in [0.05, 0.1) is 23.2 Å². The number of hydrogen-bond donors (Lipinski definition) is 0. The van der Waals surface area contributed by atoms with Gasteiger partial charge in [-0.2, -0.15) is 0 Å². The molecule has 0 bridgehead atoms. The maximum absolute atomic E-state index is 10.8. The van der Waals surface area contributed by atoms with Gasteiger partial charge in [-0.05, 0) is 28.1 Å². The van der Waals surface area contributed by atoms with Crippen LogP contribution in [0.2, 0.25) is 0 Å². The molecule has 2 heterocycles. The summed E-state index contributed by atoms with van der Waals surface area (Å²) < 4.78 is 23.2. The van der Waals surface area contributed by atoms with E-state index in [1.54, 1.807) is 6.07 Å². The van der Waals surface area contributed by atoms with Gasteiger partial charge >= 0.3 is 0 Å². The minimum Gasteiger partial charge on any atom is -0.462 e. The monoisotopic (exact) mass is 434 g/mol. The van der Waals surface area contributed by atoms with Crippen molar-refractivity contribution in [3.63, 3.8) is 0 Å². The highest BCUT2D eigenvalue weighted by atomic mass is 79.9. The first-order chi connectivity index (χ1) is 12.7. The van der Waals surface area contributed by atoms with E-state index >= 15 is 0 Å². The van der Waals surface area contributed by atoms with E-state index in [1.807, 2.05) is 58.0 Å². The summed E-state index contributed by atoms with van der Waals surface area (Å²) in [5.74, 6) is 0.390. The highest BCUT2D eigenvalue weighted by Crippen LogP contribution is 2.37. The Morgan fingerprint density at radius 1 is 0.852 bits per heavy atom. The van der Waals surface area contributed by atoms with Gasteiger partial charge in [0, 0.05) is 38.8 Å². The summed E-state index contributed by atoms with van der Waals surface area (Å²) in [4.78, 5) is 10.8. The van der Waals surface area contributed by atoms with Crippen LogP contribution in [0.1, 0.15) is 49.2 Å². The Kier molecular flexibility index (Phi) is 5.60. The molecule has 2 aromatic rings. The molecule has 4 rings (SSSR count). The molecule has 0 aromatic heterocycles. The molecule has 2 aliphatic heterocycles. The minimum absolute atomic E-state index is 0.490. The lowest BCUT2D eigenvalue weighted by atomic mass is 10.1. The van der Waals surface area contributed by atoms with E-state index in [4.69, 9.17) is 18.9 Å². The number of carbonyl (C=O) groups is 1. The minimum atomic E-state index is -0.647. The summed E-state index contributed by atoms with van der Waals surface area (Å²) in [6, 6.07) is 11.4. The van der Waals surface area contributed by atoms with Crippen molar-refractivity contribution in [2.75, 3.05) is 0 Å². The van der Waals surface area contributed by atoms with Crippen molar-refractivity contribution in [3.8, 4) is 11.5 Å². The number of para-hydroxylation sites is 2. The van der Waals surface area contributed by atoms with Gasteiger partial charge in [-0.3, -0.25) is 4.79 Å². The summed E-state index contributed by atoms with van der Waals surface area (Å²) in [6.45, 7) is 8.59. The fourth-order valence-corrected chi connectivity index (χ4v) is 3.26. The largest absolute Gasteiger partial charge is 0.462 e. The maximum Gasteiger partial charge on any atom is 0.205 e. The van der Waals surface area contributed by atoms with Crippen LogP contribution in [0.25, 0.3) is 0 Å². The second-order valence-electron chi connectivity index (χ2n) is 7.26. The van der Waals surface area contributed by atoms with Crippen LogP contribution in [0, 0.1) is 0 Å². The van der Waals surface area contributed by atoms with Crippen LogP contribution in [0.15, 0.2) is 40.9 Å². The van der Waals surface area contributed by atoms with Gasteiger partial charge in [0.1, 0.15) is 11.5 Å². The molecule has 144 valence electrons. The number of benzene rings is 2. The van der Waals surface area contributed by atoms with Crippen LogP contribution in [0.5, 0.6) is 11.5 Å². The summed E-state index contributed by atoms with van der Waals surface area (Å²) in [5, 5.41) is 0. The molecule has 0 fully saturated rings. The fraction of sp³-hybridized carbons (Fsp3) is 0.381. The molecular formula is C21H23BrO5. The van der Waals surface area contributed by atoms with Gasteiger partial charge in [0.2, 0.25) is 11.6 Å². The predicted octanol–water partition coefficient (Wildman–Crippen LogP) is 5.24. The molecular weight excluding hydrogens is 412 g/mol. The van der Waals surface area contributed by atoms with Gasteiger partial charge in [-0.25, -0.2) is 0 Å². The number of rotatable bonds is 1. The molecule has 0 unspecified atom stereocenters. The summed E-state index contributed by atoms with van der Waals surface area (Å²) in [7, 11) is 0. The van der Waals surface area contributed by atoms with E-state index in [0.29, 0.717) is 24.5 Å². The van der Waals surface area contributed by atoms with Gasteiger partial charge in [0.25, 0.3) is 0 Å². The number of aldehydes is 1. The molecule has 6 heteroatoms. The third kappa shape index (κ3) is 4.69. The molecule has 5 nitrogen and oxygen atoms in total. The van der Waals surface area contributed by atoms with Crippen LogP contribution in [-0.2, 0) is 22.7 Å². The summed E-state index contributed by atoms with van der Waals surface area (Å²) >= 11 is 3.45. The maximum atomic E-state index is 10.8. The van der Waals surface area contributed by atoms with Crippen LogP contribution < -0.4 is 9.47 Å². The molecule has 0 saturated heterocycles. The van der Waals surface area contributed by atoms with E-state index in [1.165, 1.54) is 0 Å². The molecule has 0 radical (unpaired) electrons. The summed E-state index contributed by atoms with van der Waals surface area (Å²) in [6.07, 6.45) is 0.806. The zero-order valence-corrected chi connectivity index (χ0v) is 17.5. The number of carbonyl (C=O) groups excluding carboxylic acids is 1. The quantitative estimate of drug-likeness (QED) is 0.574. The average Bonchev–Trinajstić information content (AvgIpc) is 2.61. The Balaban J connectivity index is 0.000000156. The normalized spacial score (nSPS) is 18.6. The Morgan fingerprint density at radius 2 is 1.37 bits per heavy atom. The zero-order chi connectivity index (χ0) is 19.7. The van der Waals surface area contributed by atoms with Gasteiger partial charge in [0.15, 0.2) is 6.29 Å². The van der Waals surface area contributed by atoms with E-state index in [9.17, 15) is 4.79 Å². The highest BCUT2D eigenvalue weighted by Gasteiger charge is 2.29. The van der Waals surface area contributed by atoms with E-state index in [2.05, 4.69) is 15.9 Å². The zero-order valence-electron chi connectivity index (χ0n) is 15.9. The second kappa shape index (κ2) is 7.62. The third-order valence-corrected chi connectivity index (χ3v) is 4.77. The molecule has 2 aliphatic rings. The highest BCUT2D eigenvalue weighted by molar-refractivity contribution is 9.10. The lowest BCUT2D eigenvalue weighted by molar-refractivity contribution is -0.180. The number of fused-ring (bicyclic) bond motifs is 2. The molecule has 0 atom stereocenters. The third-order valence-electron chi connectivity index (χ3n) is 4.15.